The molecule has 0 spiro atoms. The Bertz CT molecular complexity index is 478. The molecule has 0 unspecified atom stereocenters. The van der Waals surface area contributed by atoms with Crippen LogP contribution in [-0.2, 0) is 11.2 Å². The van der Waals surface area contributed by atoms with Gasteiger partial charge in [-0.3, -0.25) is 9.89 Å². The minimum absolute atomic E-state index is 0.175. The van der Waals surface area contributed by atoms with E-state index in [1.165, 1.54) is 0 Å². The number of fused-ring (bicyclic) bond motifs is 1. The van der Waals surface area contributed by atoms with Gasteiger partial charge in [0.25, 0.3) is 0 Å². The first-order valence-electron chi connectivity index (χ1n) is 4.77. The Hall–Kier alpha value is -1.91. The molecule has 0 fully saturated rings. The fourth-order valence-corrected chi connectivity index (χ4v) is 1.51. The fraction of sp³-hybridized carbons (Fsp3) is 0.300. The number of pyridine rings is 1. The molecule has 0 saturated carbocycles. The number of aromatic amines is 1. The van der Waals surface area contributed by atoms with Crippen LogP contribution in [-0.4, -0.2) is 26.3 Å². The highest BCUT2D eigenvalue weighted by Crippen LogP contribution is 2.14. The Morgan fingerprint density at radius 3 is 3.20 bits per heavy atom. The zero-order chi connectivity index (χ0) is 10.7. The first-order valence-corrected chi connectivity index (χ1v) is 4.77. The number of nitrogens with zero attached hydrogens (tertiary/aromatic N) is 2. The molecule has 0 amide bonds. The highest BCUT2D eigenvalue weighted by molar-refractivity contribution is 5.77. The minimum Gasteiger partial charge on any atom is -0.481 e. The van der Waals surface area contributed by atoms with Gasteiger partial charge in [-0.2, -0.15) is 5.10 Å². The summed E-state index contributed by atoms with van der Waals surface area (Å²) in [6.07, 6.45) is 3.14. The predicted octanol–water partition coefficient (Wildman–Crippen LogP) is 1.37. The third kappa shape index (κ3) is 2.12. The van der Waals surface area contributed by atoms with Gasteiger partial charge in [0.2, 0.25) is 0 Å². The number of hydrogen-bond donors (Lipinski definition) is 2. The van der Waals surface area contributed by atoms with Crippen molar-refractivity contribution < 1.29 is 9.90 Å². The molecule has 2 N–H and O–H groups in total. The van der Waals surface area contributed by atoms with Crippen molar-refractivity contribution in [3.63, 3.8) is 0 Å². The van der Waals surface area contributed by atoms with E-state index in [9.17, 15) is 4.79 Å². The average Bonchev–Trinajstić information content (AvgIpc) is 2.62. The summed E-state index contributed by atoms with van der Waals surface area (Å²) in [6, 6.07) is 3.78. The highest BCUT2D eigenvalue weighted by Gasteiger charge is 2.06. The summed E-state index contributed by atoms with van der Waals surface area (Å²) >= 11 is 0. The Morgan fingerprint density at radius 2 is 2.40 bits per heavy atom. The molecule has 2 rings (SSSR count). The van der Waals surface area contributed by atoms with Gasteiger partial charge in [0.1, 0.15) is 0 Å². The molecule has 0 bridgehead atoms. The largest absolute Gasteiger partial charge is 0.481 e. The van der Waals surface area contributed by atoms with Crippen LogP contribution in [0.15, 0.2) is 18.3 Å². The molecular formula is C10H11N3O2. The topological polar surface area (TPSA) is 78.9 Å². The van der Waals surface area contributed by atoms with E-state index in [0.29, 0.717) is 12.8 Å². The van der Waals surface area contributed by atoms with Gasteiger partial charge in [-0.25, -0.2) is 4.98 Å². The third-order valence-corrected chi connectivity index (χ3v) is 2.22. The summed E-state index contributed by atoms with van der Waals surface area (Å²) in [5.74, 6) is -0.770. The van der Waals surface area contributed by atoms with E-state index in [1.54, 1.807) is 6.20 Å². The Morgan fingerprint density at radius 1 is 1.53 bits per heavy atom. The lowest BCUT2D eigenvalue weighted by molar-refractivity contribution is -0.137. The Kier molecular flexibility index (Phi) is 2.62. The van der Waals surface area contributed by atoms with E-state index < -0.39 is 5.97 Å². The van der Waals surface area contributed by atoms with E-state index in [0.717, 1.165) is 16.7 Å². The molecule has 2 aromatic rings. The van der Waals surface area contributed by atoms with Gasteiger partial charge < -0.3 is 5.11 Å². The molecule has 0 aliphatic heterocycles. The van der Waals surface area contributed by atoms with Gasteiger partial charge in [-0.1, -0.05) is 0 Å². The molecule has 5 heteroatoms. The van der Waals surface area contributed by atoms with Crippen LogP contribution >= 0.6 is 0 Å². The number of aromatic nitrogens is 3. The molecule has 5 nitrogen and oxygen atoms in total. The van der Waals surface area contributed by atoms with Gasteiger partial charge >= 0.3 is 5.97 Å². The van der Waals surface area contributed by atoms with Gasteiger partial charge in [0.15, 0.2) is 5.65 Å². The normalized spacial score (nSPS) is 10.7. The molecule has 78 valence electrons. The molecule has 2 heterocycles. The summed E-state index contributed by atoms with van der Waals surface area (Å²) in [6.45, 7) is 0. The maximum absolute atomic E-state index is 10.4. The first kappa shape index (κ1) is 9.64. The van der Waals surface area contributed by atoms with Crippen LogP contribution in [0.1, 0.15) is 18.5 Å². The van der Waals surface area contributed by atoms with Crippen molar-refractivity contribution in [3.8, 4) is 0 Å². The molecular weight excluding hydrogens is 194 g/mol. The minimum atomic E-state index is -0.770. The van der Waals surface area contributed by atoms with E-state index in [-0.39, 0.29) is 6.42 Å². The SMILES string of the molecule is O=C(O)CCCc1n[nH]c2ncccc12. The quantitative estimate of drug-likeness (QED) is 0.790. The molecule has 0 aliphatic rings. The van der Waals surface area contributed by atoms with Crippen LogP contribution in [0.3, 0.4) is 0 Å². The summed E-state index contributed by atoms with van der Waals surface area (Å²) in [4.78, 5) is 14.5. The van der Waals surface area contributed by atoms with Crippen molar-refractivity contribution in [2.45, 2.75) is 19.3 Å². The van der Waals surface area contributed by atoms with Crippen molar-refractivity contribution >= 4 is 17.0 Å². The number of hydrogen-bond acceptors (Lipinski definition) is 3. The number of carboxylic acid groups (broad SMARTS) is 1. The second-order valence-corrected chi connectivity index (χ2v) is 3.32. The van der Waals surface area contributed by atoms with Crippen LogP contribution in [0.5, 0.6) is 0 Å². The molecule has 2 aromatic heterocycles. The monoisotopic (exact) mass is 205 g/mol. The van der Waals surface area contributed by atoms with Crippen molar-refractivity contribution in [1.29, 1.82) is 0 Å². The molecule has 15 heavy (non-hydrogen) atoms. The second kappa shape index (κ2) is 4.08. The number of aliphatic carboxylic acids is 1. The third-order valence-electron chi connectivity index (χ3n) is 2.22. The van der Waals surface area contributed by atoms with Crippen LogP contribution < -0.4 is 0 Å². The van der Waals surface area contributed by atoms with Gasteiger partial charge in [-0.15, -0.1) is 0 Å². The van der Waals surface area contributed by atoms with E-state index in [4.69, 9.17) is 5.11 Å². The Balaban J connectivity index is 2.11. The van der Waals surface area contributed by atoms with Crippen molar-refractivity contribution in [2.75, 3.05) is 0 Å². The van der Waals surface area contributed by atoms with Crippen LogP contribution in [0, 0.1) is 0 Å². The Labute approximate surface area is 86.1 Å². The molecule has 0 aromatic carbocycles. The number of carboxylic acids is 1. The lowest BCUT2D eigenvalue weighted by Gasteiger charge is -1.94. The highest BCUT2D eigenvalue weighted by atomic mass is 16.4. The van der Waals surface area contributed by atoms with Crippen molar-refractivity contribution in [2.24, 2.45) is 0 Å². The average molecular weight is 205 g/mol. The van der Waals surface area contributed by atoms with Crippen LogP contribution in [0.25, 0.3) is 11.0 Å². The zero-order valence-electron chi connectivity index (χ0n) is 8.10. The number of H-pyrrole nitrogens is 1. The van der Waals surface area contributed by atoms with Crippen molar-refractivity contribution in [3.05, 3.63) is 24.0 Å². The number of rotatable bonds is 4. The lowest BCUT2D eigenvalue weighted by atomic mass is 10.1. The van der Waals surface area contributed by atoms with Gasteiger partial charge in [-0.05, 0) is 25.0 Å². The maximum atomic E-state index is 10.4. The zero-order valence-corrected chi connectivity index (χ0v) is 8.10. The van der Waals surface area contributed by atoms with Crippen LogP contribution in [0.4, 0.5) is 0 Å². The summed E-state index contributed by atoms with van der Waals surface area (Å²) in [5.41, 5.74) is 1.64. The van der Waals surface area contributed by atoms with E-state index >= 15 is 0 Å². The summed E-state index contributed by atoms with van der Waals surface area (Å²) in [7, 11) is 0. The number of nitrogens with one attached hydrogen (secondary N) is 1. The van der Waals surface area contributed by atoms with Crippen LogP contribution in [0.2, 0.25) is 0 Å². The summed E-state index contributed by atoms with van der Waals surface area (Å²) in [5, 5.41) is 16.4. The molecule has 0 radical (unpaired) electrons. The number of carbonyl (C=O) groups is 1. The standard InChI is InChI=1S/C10H11N3O2/c14-9(15)5-1-4-8-7-3-2-6-11-10(7)13-12-8/h2-3,6H,1,4-5H2,(H,14,15)(H,11,12,13). The summed E-state index contributed by atoms with van der Waals surface area (Å²) < 4.78 is 0. The van der Waals surface area contributed by atoms with E-state index in [2.05, 4.69) is 15.2 Å². The molecule has 0 aliphatic carbocycles. The molecule has 0 saturated heterocycles. The van der Waals surface area contributed by atoms with Gasteiger partial charge in [0.05, 0.1) is 5.69 Å². The smallest absolute Gasteiger partial charge is 0.303 e. The number of aryl methyl sites for hydroxylation is 1. The predicted molar refractivity (Wildman–Crippen MR) is 54.5 cm³/mol. The van der Waals surface area contributed by atoms with Gasteiger partial charge in [0, 0.05) is 18.0 Å². The fourth-order valence-electron chi connectivity index (χ4n) is 1.51. The first-order chi connectivity index (χ1) is 7.27. The second-order valence-electron chi connectivity index (χ2n) is 3.32. The van der Waals surface area contributed by atoms with E-state index in [1.807, 2.05) is 12.1 Å². The molecule has 0 atom stereocenters. The maximum Gasteiger partial charge on any atom is 0.303 e. The van der Waals surface area contributed by atoms with Crippen molar-refractivity contribution in [1.82, 2.24) is 15.2 Å². The lowest BCUT2D eigenvalue weighted by Crippen LogP contribution is -1.96.